The fourth-order valence-electron chi connectivity index (χ4n) is 2.20. The monoisotopic (exact) mass is 291 g/mol. The molecule has 2 aromatic carbocycles. The van der Waals surface area contributed by atoms with Crippen LogP contribution in [0.3, 0.4) is 0 Å². The summed E-state index contributed by atoms with van der Waals surface area (Å²) in [5.41, 5.74) is 9.33. The van der Waals surface area contributed by atoms with Crippen LogP contribution < -0.4 is 5.73 Å². The molecule has 0 bridgehead atoms. The van der Waals surface area contributed by atoms with Gasteiger partial charge in [0, 0.05) is 11.4 Å². The van der Waals surface area contributed by atoms with Gasteiger partial charge in [-0.05, 0) is 48.7 Å². The largest absolute Gasteiger partial charge is 0.326 e. The van der Waals surface area contributed by atoms with E-state index in [0.29, 0.717) is 11.3 Å². The normalized spacial score (nSPS) is 12.4. The minimum atomic E-state index is -1.15. The lowest BCUT2D eigenvalue weighted by molar-refractivity contribution is 0.624. The van der Waals surface area contributed by atoms with Gasteiger partial charge in [-0.15, -0.1) is 0 Å². The maximum atomic E-state index is 13.2. The fourth-order valence-corrected chi connectivity index (χ4v) is 3.56. The Morgan fingerprint density at radius 1 is 1.10 bits per heavy atom. The summed E-state index contributed by atoms with van der Waals surface area (Å²) in [5.74, 6) is 0.0444. The molecule has 2 N–H and O–H groups in total. The first kappa shape index (κ1) is 14.9. The molecule has 1 unspecified atom stereocenters. The van der Waals surface area contributed by atoms with Gasteiger partial charge in [0.1, 0.15) is 5.82 Å². The number of nitrogens with two attached hydrogens (primary N) is 1. The zero-order valence-electron chi connectivity index (χ0n) is 11.7. The Morgan fingerprint density at radius 2 is 1.85 bits per heavy atom. The Bertz CT molecular complexity index is 655. The first-order chi connectivity index (χ1) is 9.51. The summed E-state index contributed by atoms with van der Waals surface area (Å²) in [6, 6.07) is 10.3. The molecular weight excluding hydrogens is 273 g/mol. The quantitative estimate of drug-likeness (QED) is 0.940. The summed E-state index contributed by atoms with van der Waals surface area (Å²) < 4.78 is 25.6. The highest BCUT2D eigenvalue weighted by Crippen LogP contribution is 2.20. The SMILES string of the molecule is Cc1ccc(S(=O)Cc2ccc(F)cc2CN)c(C)c1. The van der Waals surface area contributed by atoms with Gasteiger partial charge >= 0.3 is 0 Å². The van der Waals surface area contributed by atoms with Gasteiger partial charge in [0.2, 0.25) is 0 Å². The van der Waals surface area contributed by atoms with E-state index in [2.05, 4.69) is 0 Å². The van der Waals surface area contributed by atoms with Gasteiger partial charge < -0.3 is 5.73 Å². The van der Waals surface area contributed by atoms with Crippen molar-refractivity contribution >= 4 is 10.8 Å². The molecule has 4 heteroatoms. The molecule has 106 valence electrons. The van der Waals surface area contributed by atoms with E-state index in [9.17, 15) is 8.60 Å². The number of hydrogen-bond donors (Lipinski definition) is 1. The van der Waals surface area contributed by atoms with Crippen LogP contribution in [0, 0.1) is 19.7 Å². The summed E-state index contributed by atoms with van der Waals surface area (Å²) in [6.07, 6.45) is 0. The molecule has 0 heterocycles. The highest BCUT2D eigenvalue weighted by Gasteiger charge is 2.11. The second-order valence-corrected chi connectivity index (χ2v) is 6.30. The van der Waals surface area contributed by atoms with Gasteiger partial charge in [0.25, 0.3) is 0 Å². The molecule has 0 fully saturated rings. The molecule has 0 spiro atoms. The molecule has 0 aromatic heterocycles. The van der Waals surface area contributed by atoms with Crippen molar-refractivity contribution in [1.29, 1.82) is 0 Å². The summed E-state index contributed by atoms with van der Waals surface area (Å²) in [4.78, 5) is 0.822. The van der Waals surface area contributed by atoms with Crippen molar-refractivity contribution in [1.82, 2.24) is 0 Å². The van der Waals surface area contributed by atoms with E-state index < -0.39 is 10.8 Å². The Kier molecular flexibility index (Phi) is 4.68. The highest BCUT2D eigenvalue weighted by molar-refractivity contribution is 7.84. The fraction of sp³-hybridized carbons (Fsp3) is 0.250. The number of benzene rings is 2. The van der Waals surface area contributed by atoms with E-state index in [1.165, 1.54) is 12.1 Å². The molecule has 1 atom stereocenters. The third kappa shape index (κ3) is 3.32. The van der Waals surface area contributed by atoms with Crippen LogP contribution in [0.5, 0.6) is 0 Å². The Morgan fingerprint density at radius 3 is 2.50 bits per heavy atom. The lowest BCUT2D eigenvalue weighted by Crippen LogP contribution is -2.06. The van der Waals surface area contributed by atoms with Crippen LogP contribution in [0.15, 0.2) is 41.3 Å². The van der Waals surface area contributed by atoms with Gasteiger partial charge in [-0.2, -0.15) is 0 Å². The first-order valence-corrected chi connectivity index (χ1v) is 7.76. The summed E-state index contributed by atoms with van der Waals surface area (Å²) in [6.45, 7) is 4.21. The van der Waals surface area contributed by atoms with Crippen molar-refractivity contribution in [3.05, 3.63) is 64.5 Å². The van der Waals surface area contributed by atoms with E-state index >= 15 is 0 Å². The zero-order chi connectivity index (χ0) is 14.7. The number of hydrogen-bond acceptors (Lipinski definition) is 2. The lowest BCUT2D eigenvalue weighted by Gasteiger charge is -2.10. The molecule has 2 aromatic rings. The van der Waals surface area contributed by atoms with Gasteiger partial charge in [-0.3, -0.25) is 4.21 Å². The molecule has 0 amide bonds. The average Bonchev–Trinajstić information content (AvgIpc) is 2.40. The second-order valence-electron chi connectivity index (χ2n) is 4.88. The molecular formula is C16H18FNOS. The Hall–Kier alpha value is -1.52. The van der Waals surface area contributed by atoms with Gasteiger partial charge in [0.05, 0.1) is 16.6 Å². The molecule has 0 aliphatic rings. The average molecular weight is 291 g/mol. The van der Waals surface area contributed by atoms with Crippen molar-refractivity contribution < 1.29 is 8.60 Å². The van der Waals surface area contributed by atoms with Crippen LogP contribution in [-0.2, 0) is 23.1 Å². The van der Waals surface area contributed by atoms with Crippen molar-refractivity contribution in [2.75, 3.05) is 0 Å². The molecule has 0 saturated carbocycles. The number of aryl methyl sites for hydroxylation is 2. The molecule has 2 nitrogen and oxygen atoms in total. The summed E-state index contributed by atoms with van der Waals surface area (Å²) in [5, 5.41) is 0. The van der Waals surface area contributed by atoms with Gasteiger partial charge in [-0.1, -0.05) is 23.8 Å². The lowest BCUT2D eigenvalue weighted by atomic mass is 10.1. The predicted molar refractivity (Wildman–Crippen MR) is 80.3 cm³/mol. The molecule has 0 aliphatic carbocycles. The third-order valence-electron chi connectivity index (χ3n) is 3.25. The first-order valence-electron chi connectivity index (χ1n) is 6.44. The van der Waals surface area contributed by atoms with E-state index in [1.54, 1.807) is 6.07 Å². The van der Waals surface area contributed by atoms with Crippen molar-refractivity contribution in [2.24, 2.45) is 5.73 Å². The van der Waals surface area contributed by atoms with E-state index in [0.717, 1.165) is 21.6 Å². The maximum Gasteiger partial charge on any atom is 0.123 e. The highest BCUT2D eigenvalue weighted by atomic mass is 32.2. The van der Waals surface area contributed by atoms with Crippen LogP contribution in [0.25, 0.3) is 0 Å². The van der Waals surface area contributed by atoms with E-state index in [4.69, 9.17) is 5.73 Å². The van der Waals surface area contributed by atoms with Crippen LogP contribution in [0.4, 0.5) is 4.39 Å². The predicted octanol–water partition coefficient (Wildman–Crippen LogP) is 3.21. The summed E-state index contributed by atoms with van der Waals surface area (Å²) >= 11 is 0. The molecule has 2 rings (SSSR count). The van der Waals surface area contributed by atoms with Crippen molar-refractivity contribution in [2.45, 2.75) is 31.0 Å². The van der Waals surface area contributed by atoms with E-state index in [1.807, 2.05) is 32.0 Å². The Balaban J connectivity index is 2.28. The minimum absolute atomic E-state index is 0.247. The molecule has 0 aliphatic heterocycles. The second kappa shape index (κ2) is 6.29. The Labute approximate surface area is 121 Å². The zero-order valence-corrected chi connectivity index (χ0v) is 12.5. The van der Waals surface area contributed by atoms with Crippen molar-refractivity contribution in [3.8, 4) is 0 Å². The molecule has 20 heavy (non-hydrogen) atoms. The number of halogens is 1. The third-order valence-corrected chi connectivity index (χ3v) is 4.77. The van der Waals surface area contributed by atoms with Crippen LogP contribution >= 0.6 is 0 Å². The molecule has 0 saturated heterocycles. The van der Waals surface area contributed by atoms with Crippen LogP contribution in [-0.4, -0.2) is 4.21 Å². The maximum absolute atomic E-state index is 13.2. The number of rotatable bonds is 4. The topological polar surface area (TPSA) is 43.1 Å². The van der Waals surface area contributed by atoms with Gasteiger partial charge in [-0.25, -0.2) is 4.39 Å². The summed E-state index contributed by atoms with van der Waals surface area (Å²) in [7, 11) is -1.15. The minimum Gasteiger partial charge on any atom is -0.326 e. The molecule has 0 radical (unpaired) electrons. The van der Waals surface area contributed by atoms with Gasteiger partial charge in [0.15, 0.2) is 0 Å². The standard InChI is InChI=1S/C16H18FNOS/c1-11-3-6-16(12(2)7-11)20(19)10-13-4-5-15(17)8-14(13)9-18/h3-8H,9-10,18H2,1-2H3. The van der Waals surface area contributed by atoms with E-state index in [-0.39, 0.29) is 12.4 Å². The van der Waals surface area contributed by atoms with Crippen LogP contribution in [0.2, 0.25) is 0 Å². The smallest absolute Gasteiger partial charge is 0.123 e. The van der Waals surface area contributed by atoms with Crippen LogP contribution in [0.1, 0.15) is 22.3 Å². The van der Waals surface area contributed by atoms with Crippen molar-refractivity contribution in [3.63, 3.8) is 0 Å².